The van der Waals surface area contributed by atoms with E-state index in [2.05, 4.69) is 15.6 Å². The molecule has 2 aromatic carbocycles. The predicted octanol–water partition coefficient (Wildman–Crippen LogP) is 4.47. The highest BCUT2D eigenvalue weighted by molar-refractivity contribution is 6.00. The molecule has 1 unspecified atom stereocenters. The average Bonchev–Trinajstić information content (AvgIpc) is 3.23. The van der Waals surface area contributed by atoms with Gasteiger partial charge in [-0.3, -0.25) is 4.79 Å². The standard InChI is InChI=1S/C23H25N3O2.ClH/c1-16-8-10-18(11-9-16)21-15-26-23(28-21)20-7-3-2-6-19(20)22(27)25-14-17-5-4-12-24-13-17;/h2-3,6-11,15,17,24H,4-5,12-14H2,1H3,(H,25,27);1H. The van der Waals surface area contributed by atoms with Crippen molar-refractivity contribution in [3.05, 3.63) is 65.9 Å². The molecule has 1 aliphatic heterocycles. The van der Waals surface area contributed by atoms with Crippen LogP contribution in [0.25, 0.3) is 22.8 Å². The van der Waals surface area contributed by atoms with Crippen LogP contribution in [0.2, 0.25) is 0 Å². The molecule has 1 aliphatic rings. The Morgan fingerprint density at radius 1 is 1.21 bits per heavy atom. The van der Waals surface area contributed by atoms with Gasteiger partial charge in [-0.25, -0.2) is 4.98 Å². The van der Waals surface area contributed by atoms with Crippen molar-refractivity contribution in [2.24, 2.45) is 5.92 Å². The molecule has 0 spiro atoms. The fourth-order valence-electron chi connectivity index (χ4n) is 3.55. The van der Waals surface area contributed by atoms with Gasteiger partial charge in [-0.1, -0.05) is 42.0 Å². The van der Waals surface area contributed by atoms with Crippen LogP contribution in [0.5, 0.6) is 0 Å². The number of carbonyl (C=O) groups excluding carboxylic acids is 1. The first-order valence-corrected chi connectivity index (χ1v) is 9.82. The second kappa shape index (κ2) is 9.72. The van der Waals surface area contributed by atoms with Gasteiger partial charge >= 0.3 is 0 Å². The summed E-state index contributed by atoms with van der Waals surface area (Å²) in [5.41, 5.74) is 3.46. The van der Waals surface area contributed by atoms with Gasteiger partial charge in [-0.15, -0.1) is 12.4 Å². The lowest BCUT2D eigenvalue weighted by Gasteiger charge is -2.23. The lowest BCUT2D eigenvalue weighted by Crippen LogP contribution is -2.38. The zero-order chi connectivity index (χ0) is 19.3. The Morgan fingerprint density at radius 2 is 2.00 bits per heavy atom. The minimum Gasteiger partial charge on any atom is -0.436 e. The fourth-order valence-corrected chi connectivity index (χ4v) is 3.55. The number of aromatic nitrogens is 1. The Morgan fingerprint density at radius 3 is 2.76 bits per heavy atom. The first kappa shape index (κ1) is 21.1. The number of nitrogens with one attached hydrogen (secondary N) is 2. The van der Waals surface area contributed by atoms with E-state index >= 15 is 0 Å². The van der Waals surface area contributed by atoms with Gasteiger partial charge < -0.3 is 15.1 Å². The molecule has 0 aliphatic carbocycles. The van der Waals surface area contributed by atoms with Crippen LogP contribution in [0.3, 0.4) is 0 Å². The summed E-state index contributed by atoms with van der Waals surface area (Å²) in [6.07, 6.45) is 4.02. The molecule has 0 radical (unpaired) electrons. The average molecular weight is 412 g/mol. The molecule has 5 nitrogen and oxygen atoms in total. The Balaban J connectivity index is 0.00000240. The van der Waals surface area contributed by atoms with E-state index in [0.29, 0.717) is 35.2 Å². The van der Waals surface area contributed by atoms with Crippen molar-refractivity contribution < 1.29 is 9.21 Å². The number of amides is 1. The van der Waals surface area contributed by atoms with Gasteiger partial charge in [0.2, 0.25) is 5.89 Å². The number of hydrogen-bond donors (Lipinski definition) is 2. The molecule has 4 rings (SSSR count). The molecule has 0 saturated carbocycles. The molecule has 152 valence electrons. The maximum absolute atomic E-state index is 12.8. The molecule has 1 atom stereocenters. The van der Waals surface area contributed by atoms with Crippen molar-refractivity contribution >= 4 is 18.3 Å². The van der Waals surface area contributed by atoms with E-state index in [1.807, 2.05) is 55.5 Å². The Hall–Kier alpha value is -2.63. The molecule has 1 amide bonds. The minimum absolute atomic E-state index is 0. The van der Waals surface area contributed by atoms with Crippen molar-refractivity contribution in [1.29, 1.82) is 0 Å². The first-order chi connectivity index (χ1) is 13.7. The highest BCUT2D eigenvalue weighted by Gasteiger charge is 2.19. The van der Waals surface area contributed by atoms with Crippen molar-refractivity contribution in [1.82, 2.24) is 15.6 Å². The largest absolute Gasteiger partial charge is 0.436 e. The summed E-state index contributed by atoms with van der Waals surface area (Å²) in [5.74, 6) is 1.55. The summed E-state index contributed by atoms with van der Waals surface area (Å²) < 4.78 is 5.98. The smallest absolute Gasteiger partial charge is 0.252 e. The van der Waals surface area contributed by atoms with Crippen LogP contribution in [-0.2, 0) is 0 Å². The second-order valence-corrected chi connectivity index (χ2v) is 7.36. The molecule has 6 heteroatoms. The number of oxazole rings is 1. The molecule has 1 saturated heterocycles. The lowest BCUT2D eigenvalue weighted by atomic mass is 9.99. The number of carbonyl (C=O) groups is 1. The van der Waals surface area contributed by atoms with Crippen LogP contribution in [0.4, 0.5) is 0 Å². The maximum atomic E-state index is 12.8. The van der Waals surface area contributed by atoms with Gasteiger partial charge in [0.15, 0.2) is 5.76 Å². The van der Waals surface area contributed by atoms with Crippen LogP contribution in [0, 0.1) is 12.8 Å². The summed E-state index contributed by atoms with van der Waals surface area (Å²) in [6, 6.07) is 15.6. The van der Waals surface area contributed by atoms with E-state index in [-0.39, 0.29) is 18.3 Å². The lowest BCUT2D eigenvalue weighted by molar-refractivity contribution is 0.0945. The number of halogens is 1. The number of hydrogen-bond acceptors (Lipinski definition) is 4. The maximum Gasteiger partial charge on any atom is 0.252 e. The monoisotopic (exact) mass is 411 g/mol. The molecule has 1 fully saturated rings. The van der Waals surface area contributed by atoms with E-state index in [9.17, 15) is 4.79 Å². The number of piperidine rings is 1. The summed E-state index contributed by atoms with van der Waals surface area (Å²) in [7, 11) is 0. The minimum atomic E-state index is -0.0868. The normalized spacial score (nSPS) is 16.1. The zero-order valence-corrected chi connectivity index (χ0v) is 17.3. The van der Waals surface area contributed by atoms with Gasteiger partial charge in [-0.2, -0.15) is 0 Å². The summed E-state index contributed by atoms with van der Waals surface area (Å²) in [6.45, 7) is 4.76. The van der Waals surface area contributed by atoms with Crippen molar-refractivity contribution in [2.75, 3.05) is 19.6 Å². The van der Waals surface area contributed by atoms with Gasteiger partial charge in [0.05, 0.1) is 11.8 Å². The molecule has 3 aromatic rings. The third kappa shape index (κ3) is 5.05. The summed E-state index contributed by atoms with van der Waals surface area (Å²) in [4.78, 5) is 17.2. The number of benzene rings is 2. The SMILES string of the molecule is Cc1ccc(-c2cnc(-c3ccccc3C(=O)NCC3CCCNC3)o2)cc1.Cl. The van der Waals surface area contributed by atoms with Crippen molar-refractivity contribution in [2.45, 2.75) is 19.8 Å². The Labute approximate surface area is 177 Å². The van der Waals surface area contributed by atoms with Crippen molar-refractivity contribution in [3.8, 4) is 22.8 Å². The first-order valence-electron chi connectivity index (χ1n) is 9.82. The molecule has 1 aromatic heterocycles. The Bertz CT molecular complexity index is 947. The van der Waals surface area contributed by atoms with Gasteiger partial charge in [0.25, 0.3) is 5.91 Å². The Kier molecular flexibility index (Phi) is 7.07. The van der Waals surface area contributed by atoms with E-state index in [0.717, 1.165) is 31.5 Å². The van der Waals surface area contributed by atoms with Crippen LogP contribution >= 0.6 is 12.4 Å². The van der Waals surface area contributed by atoms with Gasteiger partial charge in [0, 0.05) is 17.7 Å². The van der Waals surface area contributed by atoms with Crippen molar-refractivity contribution in [3.63, 3.8) is 0 Å². The molecule has 29 heavy (non-hydrogen) atoms. The van der Waals surface area contributed by atoms with E-state index in [1.165, 1.54) is 5.56 Å². The molecular weight excluding hydrogens is 386 g/mol. The zero-order valence-electron chi connectivity index (χ0n) is 16.5. The number of rotatable bonds is 5. The summed E-state index contributed by atoms with van der Waals surface area (Å²) in [5, 5.41) is 6.46. The van der Waals surface area contributed by atoms with Crippen LogP contribution in [0.15, 0.2) is 59.1 Å². The summed E-state index contributed by atoms with van der Waals surface area (Å²) >= 11 is 0. The topological polar surface area (TPSA) is 67.2 Å². The van der Waals surface area contributed by atoms with Gasteiger partial charge in [0.1, 0.15) is 0 Å². The van der Waals surface area contributed by atoms with Crippen LogP contribution in [0.1, 0.15) is 28.8 Å². The highest BCUT2D eigenvalue weighted by Crippen LogP contribution is 2.28. The quantitative estimate of drug-likeness (QED) is 0.650. The molecule has 0 bridgehead atoms. The second-order valence-electron chi connectivity index (χ2n) is 7.36. The predicted molar refractivity (Wildman–Crippen MR) is 117 cm³/mol. The van der Waals surface area contributed by atoms with E-state index < -0.39 is 0 Å². The molecular formula is C23H26ClN3O2. The van der Waals surface area contributed by atoms with Gasteiger partial charge in [-0.05, 0) is 50.9 Å². The molecule has 2 N–H and O–H groups in total. The third-order valence-corrected chi connectivity index (χ3v) is 5.19. The number of aryl methyl sites for hydroxylation is 1. The van der Waals surface area contributed by atoms with E-state index in [4.69, 9.17) is 4.42 Å². The number of nitrogens with zero attached hydrogens (tertiary/aromatic N) is 1. The third-order valence-electron chi connectivity index (χ3n) is 5.19. The van der Waals surface area contributed by atoms with E-state index in [1.54, 1.807) is 6.20 Å². The highest BCUT2D eigenvalue weighted by atomic mass is 35.5. The van der Waals surface area contributed by atoms with Crippen LogP contribution in [-0.4, -0.2) is 30.5 Å². The molecule has 2 heterocycles. The fraction of sp³-hybridized carbons (Fsp3) is 0.304. The van der Waals surface area contributed by atoms with Crippen LogP contribution < -0.4 is 10.6 Å².